The summed E-state index contributed by atoms with van der Waals surface area (Å²) in [5.74, 6) is -1.46. The molecule has 3 aliphatic rings. The van der Waals surface area contributed by atoms with Gasteiger partial charge in [-0.05, 0) is 50.1 Å². The predicted octanol–water partition coefficient (Wildman–Crippen LogP) is 5.48. The first-order chi connectivity index (χ1) is 23.6. The highest BCUT2D eigenvalue weighted by molar-refractivity contribution is 8.32. The summed E-state index contributed by atoms with van der Waals surface area (Å²) in [5.41, 5.74) is 0.257. The molecule has 16 heteroatoms. The van der Waals surface area contributed by atoms with Crippen molar-refractivity contribution in [3.05, 3.63) is 48.0 Å². The van der Waals surface area contributed by atoms with Crippen LogP contribution in [0.1, 0.15) is 18.4 Å². The molecule has 1 aliphatic carbocycles. The van der Waals surface area contributed by atoms with Crippen LogP contribution in [-0.4, -0.2) is 114 Å². The summed E-state index contributed by atoms with van der Waals surface area (Å²) in [7, 11) is 3.03. The number of halogens is 4. The third-order valence-electron chi connectivity index (χ3n) is 9.11. The quantitative estimate of drug-likeness (QED) is 0.0813. The van der Waals surface area contributed by atoms with Crippen LogP contribution in [0.3, 0.4) is 0 Å². The van der Waals surface area contributed by atoms with Gasteiger partial charge in [-0.3, -0.25) is 5.41 Å². The lowest BCUT2D eigenvalue weighted by Gasteiger charge is -2.59. The van der Waals surface area contributed by atoms with E-state index in [1.165, 1.54) is 23.0 Å². The van der Waals surface area contributed by atoms with E-state index < -0.39 is 27.7 Å². The lowest BCUT2D eigenvalue weighted by atomic mass is 9.61. The lowest BCUT2D eigenvalue weighted by Crippen LogP contribution is -2.66. The van der Waals surface area contributed by atoms with Gasteiger partial charge in [0.15, 0.2) is 17.4 Å². The second kappa shape index (κ2) is 14.0. The van der Waals surface area contributed by atoms with E-state index in [2.05, 4.69) is 56.4 Å². The lowest BCUT2D eigenvalue weighted by molar-refractivity contribution is -0.170. The monoisotopic (exact) mass is 719 g/mol. The molecule has 1 aromatic carbocycles. The van der Waals surface area contributed by atoms with Crippen molar-refractivity contribution in [2.45, 2.75) is 18.8 Å². The van der Waals surface area contributed by atoms with E-state index >= 15 is 4.39 Å². The molecule has 1 saturated carbocycles. The number of hydrogen-bond donors (Lipinski definition) is 3. The van der Waals surface area contributed by atoms with Crippen molar-refractivity contribution in [1.29, 1.82) is 5.41 Å². The molecule has 2 aliphatic heterocycles. The Morgan fingerprint density at radius 1 is 1.14 bits per heavy atom. The number of anilines is 3. The van der Waals surface area contributed by atoms with Crippen molar-refractivity contribution >= 4 is 39.0 Å². The van der Waals surface area contributed by atoms with Crippen LogP contribution in [0.25, 0.3) is 17.0 Å². The number of likely N-dealkylation sites (tertiary alicyclic amines) is 1. The summed E-state index contributed by atoms with van der Waals surface area (Å²) >= 11 is 0. The predicted molar refractivity (Wildman–Crippen MR) is 190 cm³/mol. The van der Waals surface area contributed by atoms with E-state index in [1.807, 2.05) is 11.0 Å². The largest absolute Gasteiger partial charge is 0.489 e. The average Bonchev–Trinajstić information content (AvgIpc) is 3.35. The molecule has 0 bridgehead atoms. The highest BCUT2D eigenvalue weighted by Gasteiger charge is 2.62. The Hall–Kier alpha value is -3.89. The first-order valence-electron chi connectivity index (χ1n) is 16.4. The number of hydrogen-bond acceptors (Lipinski definition) is 10. The van der Waals surface area contributed by atoms with Crippen molar-refractivity contribution in [2.24, 2.45) is 18.4 Å². The van der Waals surface area contributed by atoms with E-state index in [9.17, 15) is 13.2 Å². The van der Waals surface area contributed by atoms with Crippen molar-refractivity contribution in [3.63, 3.8) is 0 Å². The molecule has 2 aromatic heterocycles. The van der Waals surface area contributed by atoms with Crippen molar-refractivity contribution < 1.29 is 27.0 Å². The molecule has 6 rings (SSSR count). The maximum atomic E-state index is 15.3. The summed E-state index contributed by atoms with van der Waals surface area (Å²) < 4.78 is 70.0. The Kier molecular flexibility index (Phi) is 10.1. The van der Waals surface area contributed by atoms with Gasteiger partial charge in [0.25, 0.3) is 0 Å². The summed E-state index contributed by atoms with van der Waals surface area (Å²) in [6.45, 7) is 4.03. The number of aromatic nitrogens is 4. The van der Waals surface area contributed by atoms with Crippen LogP contribution in [0.5, 0.6) is 5.75 Å². The number of pyridine rings is 1. The molecule has 0 amide bonds. The maximum absolute atomic E-state index is 15.3. The molecule has 0 unspecified atom stereocenters. The highest BCUT2D eigenvalue weighted by Crippen LogP contribution is 2.58. The topological polar surface area (TPSA) is 116 Å². The maximum Gasteiger partial charge on any atom is 0.249 e. The van der Waals surface area contributed by atoms with E-state index in [4.69, 9.17) is 14.9 Å². The van der Waals surface area contributed by atoms with Crippen LogP contribution in [0.15, 0.2) is 36.7 Å². The van der Waals surface area contributed by atoms with Crippen molar-refractivity contribution in [2.75, 3.05) is 87.9 Å². The van der Waals surface area contributed by atoms with Crippen LogP contribution < -0.4 is 20.3 Å². The van der Waals surface area contributed by atoms with E-state index in [0.29, 0.717) is 66.8 Å². The second-order valence-corrected chi connectivity index (χ2v) is 19.2. The van der Waals surface area contributed by atoms with Gasteiger partial charge in [0.05, 0.1) is 18.8 Å². The number of allylic oxidation sites excluding steroid dienone is 1. The Morgan fingerprint density at radius 3 is 2.52 bits per heavy atom. The molecule has 2 saturated heterocycles. The van der Waals surface area contributed by atoms with Gasteiger partial charge in [0.1, 0.15) is 12.5 Å². The fraction of sp³-hybridized carbons (Fsp3) is 0.529. The van der Waals surface area contributed by atoms with Gasteiger partial charge in [-0.25, -0.2) is 32.9 Å². The van der Waals surface area contributed by atoms with Crippen LogP contribution >= 0.6 is 10.0 Å². The molecular weight excluding hydrogens is 674 g/mol. The van der Waals surface area contributed by atoms with E-state index in [-0.39, 0.29) is 36.1 Å². The third-order valence-corrected chi connectivity index (χ3v) is 10.5. The number of aryl methyl sites for hydroxylation is 1. The van der Waals surface area contributed by atoms with E-state index in [0.717, 1.165) is 18.8 Å². The molecule has 3 fully saturated rings. The number of benzene rings is 1. The first-order valence-corrected chi connectivity index (χ1v) is 19.5. The number of rotatable bonds is 15. The smallest absolute Gasteiger partial charge is 0.249 e. The van der Waals surface area contributed by atoms with Crippen molar-refractivity contribution in [1.82, 2.24) is 30.0 Å². The minimum Gasteiger partial charge on any atom is -0.489 e. The highest BCUT2D eigenvalue weighted by atomic mass is 32.3. The zero-order chi connectivity index (χ0) is 35.8. The van der Waals surface area contributed by atoms with Crippen LogP contribution in [0.2, 0.25) is 0 Å². The SMILES string of the molecule is CN1CC(COc2cc(-c3nc(Nc4ccc(/C(=C/NCOCCS(C)(C)C)C(=N)F)c(F)c4)n(C)n3)cnc2N2CC3(C2)CC(F)(F)C3)C1. The van der Waals surface area contributed by atoms with E-state index in [1.54, 1.807) is 19.3 Å². The molecule has 4 heterocycles. The van der Waals surface area contributed by atoms with Gasteiger partial charge >= 0.3 is 0 Å². The second-order valence-electron chi connectivity index (χ2n) is 14.6. The zero-order valence-electron chi connectivity index (χ0n) is 29.0. The zero-order valence-corrected chi connectivity index (χ0v) is 29.8. The Morgan fingerprint density at radius 2 is 1.88 bits per heavy atom. The standard InChI is InChI=1S/C34H45F4N9O2S/c1-45-14-22(15-45)16-49-28-10-23(12-41-31(28)47-19-33(20-47)17-34(37,38)18-33)30-43-32(46(2)44-30)42-24-6-7-25(27(35)11-24)26(29(36)39)13-40-21-48-8-9-50(3,4)5/h6-7,10-13,22,39-40H,8-9,14-21H2,1-5H3,(H,42,43,44)/b26-13-,39-29?. The molecule has 272 valence electrons. The van der Waals surface area contributed by atoms with Crippen LogP contribution in [0, 0.1) is 22.6 Å². The minimum atomic E-state index is -2.58. The van der Waals surface area contributed by atoms with Gasteiger partial charge in [0, 0.05) is 92.4 Å². The summed E-state index contributed by atoms with van der Waals surface area (Å²) in [5, 5.41) is 17.9. The Bertz CT molecular complexity index is 1740. The first kappa shape index (κ1) is 35.9. The summed E-state index contributed by atoms with van der Waals surface area (Å²) in [4.78, 5) is 13.5. The molecule has 3 N–H and O–H groups in total. The minimum absolute atomic E-state index is 0.0836. The molecule has 1 spiro atoms. The third kappa shape index (κ3) is 8.35. The summed E-state index contributed by atoms with van der Waals surface area (Å²) in [6.07, 6.45) is 9.23. The molecule has 0 atom stereocenters. The molecule has 3 aromatic rings. The average molecular weight is 720 g/mol. The molecule has 11 nitrogen and oxygen atoms in total. The number of nitrogens with one attached hydrogen (secondary N) is 3. The number of alkyl halides is 2. The van der Waals surface area contributed by atoms with Crippen molar-refractivity contribution in [3.8, 4) is 17.1 Å². The van der Waals surface area contributed by atoms with Crippen LogP contribution in [-0.2, 0) is 11.8 Å². The molecule has 0 radical (unpaired) electrons. The van der Waals surface area contributed by atoms with Gasteiger partial charge in [0.2, 0.25) is 17.8 Å². The fourth-order valence-corrected chi connectivity index (χ4v) is 7.24. The van der Waals surface area contributed by atoms with Gasteiger partial charge in [-0.2, -0.15) is 9.37 Å². The van der Waals surface area contributed by atoms with Gasteiger partial charge < -0.3 is 29.9 Å². The Balaban J connectivity index is 1.13. The fourth-order valence-electron chi connectivity index (χ4n) is 6.63. The summed E-state index contributed by atoms with van der Waals surface area (Å²) in [6, 6.07) is 5.96. The number of ether oxygens (including phenoxy) is 2. The van der Waals surface area contributed by atoms with Gasteiger partial charge in [-0.15, -0.1) is 5.10 Å². The van der Waals surface area contributed by atoms with Gasteiger partial charge in [-0.1, -0.05) is 0 Å². The van der Waals surface area contributed by atoms with Crippen LogP contribution in [0.4, 0.5) is 35.0 Å². The Labute approximate surface area is 291 Å². The molecular formula is C34H45F4N9O2S. The molecule has 50 heavy (non-hydrogen) atoms. The number of nitrogens with zero attached hydrogens (tertiary/aromatic N) is 6. The normalized spacial score (nSPS) is 19.1.